The van der Waals surface area contributed by atoms with E-state index in [1.807, 2.05) is 0 Å². The van der Waals surface area contributed by atoms with E-state index in [0.717, 1.165) is 0 Å². The molecule has 0 fully saturated rings. The van der Waals surface area contributed by atoms with Gasteiger partial charge in [-0.2, -0.15) is 132 Å². The first-order valence-electron chi connectivity index (χ1n) is 27.6. The lowest BCUT2D eigenvalue weighted by Crippen LogP contribution is -2.72. The Hall–Kier alpha value is -6.43. The molecule has 0 heterocycles. The van der Waals surface area contributed by atoms with Crippen LogP contribution in [0.15, 0.2) is 66.7 Å². The average molecular weight is 1420 g/mol. The van der Waals surface area contributed by atoms with Crippen molar-refractivity contribution in [1.29, 1.82) is 0 Å². The van der Waals surface area contributed by atoms with Crippen LogP contribution in [-0.2, 0) is 16.1 Å². The number of halogens is 30. The predicted molar refractivity (Wildman–Crippen MR) is 266 cm³/mol. The zero-order valence-electron chi connectivity index (χ0n) is 48.1. The molecule has 0 atom stereocenters. The SMILES string of the molecule is CCCCC(=O)OCc1cc(OC(=O)c2ccc(OCCCCCCCCC(F)(F)C(F)(F)C(F)(F)C(F)(F)C(F)(F)C(F)(F)C(F)(F)F)cc2)ccc1OC(=O)c1ccc(OCCCCCCCCC(F)(F)C(F)(F)C(F)(F)C(F)(F)C(F)(F)C(F)(F)C(F)(F)F)cc1. The zero-order chi connectivity index (χ0) is 72.2. The van der Waals surface area contributed by atoms with Gasteiger partial charge in [0.15, 0.2) is 0 Å². The maximum Gasteiger partial charge on any atom is 0.460 e. The number of carbonyl (C=O) groups is 3. The number of hydrogen-bond donors (Lipinski definition) is 0. The average Bonchev–Trinajstić information content (AvgIpc) is 0.711. The maximum atomic E-state index is 14.1. The Morgan fingerprint density at radius 2 is 0.649 bits per heavy atom. The Kier molecular flexibility index (Phi) is 26.8. The lowest BCUT2D eigenvalue weighted by Gasteiger charge is -2.41. The summed E-state index contributed by atoms with van der Waals surface area (Å²) in [6, 6.07) is 14.0. The molecule has 3 aromatic carbocycles. The molecule has 3 aromatic rings. The largest absolute Gasteiger partial charge is 0.494 e. The Bertz CT molecular complexity index is 2930. The molecule has 0 spiro atoms. The van der Waals surface area contributed by atoms with Gasteiger partial charge in [-0.3, -0.25) is 4.79 Å². The van der Waals surface area contributed by atoms with Crippen molar-refractivity contribution in [2.45, 2.75) is 206 Å². The molecule has 0 saturated heterocycles. The van der Waals surface area contributed by atoms with E-state index in [4.69, 9.17) is 23.7 Å². The second kappa shape index (κ2) is 30.8. The highest BCUT2D eigenvalue weighted by atomic mass is 19.4. The van der Waals surface area contributed by atoms with Crippen LogP contribution in [0.4, 0.5) is 132 Å². The standard InChI is InChI=1S/C56H54F30O8/c1-2-3-16-40(87)92-32-35-31-38(93-41(88)33-17-21-36(22-18-33)90-29-14-10-6-4-8-12-27-43(57,58)45(61,62)47(65,66)49(69,70)51(73,74)53(77,78)55(81,82)83)25-26-39(35)94-42(89)34-19-23-37(24-20-34)91-30-15-11-7-5-9-13-28-44(59,60)46(63,64)48(67,68)50(71,72)52(75,76)54(79,80)56(84,85)86/h17-26,31H,2-16,27-30,32H2,1H3. The fourth-order valence-corrected chi connectivity index (χ4v) is 8.09. The quantitative estimate of drug-likeness (QED) is 0.0241. The summed E-state index contributed by atoms with van der Waals surface area (Å²) in [5.41, 5.74) is -0.0833. The van der Waals surface area contributed by atoms with Crippen LogP contribution in [0.25, 0.3) is 0 Å². The smallest absolute Gasteiger partial charge is 0.460 e. The van der Waals surface area contributed by atoms with Gasteiger partial charge >= 0.3 is 101 Å². The zero-order valence-corrected chi connectivity index (χ0v) is 48.1. The molecular weight excluding hydrogens is 1370 g/mol. The second-order valence-electron chi connectivity index (χ2n) is 20.9. The highest BCUT2D eigenvalue weighted by molar-refractivity contribution is 5.92. The minimum atomic E-state index is -8.35. The van der Waals surface area contributed by atoms with E-state index in [1.165, 1.54) is 66.7 Å². The van der Waals surface area contributed by atoms with Gasteiger partial charge in [0.05, 0.1) is 24.3 Å². The van der Waals surface area contributed by atoms with E-state index in [1.54, 1.807) is 6.92 Å². The molecule has 94 heavy (non-hydrogen) atoms. The van der Waals surface area contributed by atoms with Gasteiger partial charge in [-0.25, -0.2) is 9.59 Å². The van der Waals surface area contributed by atoms with E-state index < -0.39 is 146 Å². The molecular formula is C56H54F30O8. The molecule has 0 saturated carbocycles. The van der Waals surface area contributed by atoms with Crippen molar-refractivity contribution in [3.8, 4) is 23.0 Å². The number of unbranched alkanes of at least 4 members (excludes halogenated alkanes) is 11. The van der Waals surface area contributed by atoms with Gasteiger partial charge < -0.3 is 23.7 Å². The normalized spacial score (nSPS) is 14.0. The third kappa shape index (κ3) is 17.8. The van der Waals surface area contributed by atoms with E-state index >= 15 is 0 Å². The molecule has 8 nitrogen and oxygen atoms in total. The molecule has 0 aliphatic rings. The fourth-order valence-electron chi connectivity index (χ4n) is 8.09. The van der Waals surface area contributed by atoms with Gasteiger partial charge in [0.25, 0.3) is 0 Å². The summed E-state index contributed by atoms with van der Waals surface area (Å²) < 4.78 is 430. The number of hydrogen-bond acceptors (Lipinski definition) is 8. The van der Waals surface area contributed by atoms with Crippen molar-refractivity contribution in [1.82, 2.24) is 0 Å². The Labute approximate surface area is 512 Å². The molecule has 38 heteroatoms. The summed E-state index contributed by atoms with van der Waals surface area (Å²) in [5.74, 6) is -96.0. The molecule has 0 unspecified atom stereocenters. The first kappa shape index (κ1) is 81.8. The first-order chi connectivity index (χ1) is 42.7. The molecule has 0 N–H and O–H groups in total. The van der Waals surface area contributed by atoms with Crippen LogP contribution in [0.5, 0.6) is 23.0 Å². The number of esters is 3. The van der Waals surface area contributed by atoms with Crippen LogP contribution in [-0.4, -0.2) is 115 Å². The number of alkyl halides is 30. The minimum absolute atomic E-state index is 0.0127. The molecule has 0 aromatic heterocycles. The van der Waals surface area contributed by atoms with Crippen molar-refractivity contribution < 1.29 is 170 Å². The van der Waals surface area contributed by atoms with Gasteiger partial charge in [-0.05, 0) is 98.8 Å². The van der Waals surface area contributed by atoms with Gasteiger partial charge in [-0.1, -0.05) is 64.7 Å². The highest BCUT2D eigenvalue weighted by Gasteiger charge is 2.94. The van der Waals surface area contributed by atoms with Gasteiger partial charge in [0.2, 0.25) is 0 Å². The number of ether oxygens (including phenoxy) is 5. The number of carbonyl (C=O) groups excluding carboxylic acids is 3. The van der Waals surface area contributed by atoms with Crippen LogP contribution >= 0.6 is 0 Å². The summed E-state index contributed by atoms with van der Waals surface area (Å²) >= 11 is 0. The van der Waals surface area contributed by atoms with Gasteiger partial charge in [-0.15, -0.1) is 0 Å². The monoisotopic (exact) mass is 1420 g/mol. The summed E-state index contributed by atoms with van der Waals surface area (Å²) in [6.45, 7) is 1.22. The van der Waals surface area contributed by atoms with Crippen molar-refractivity contribution in [2.75, 3.05) is 13.2 Å². The van der Waals surface area contributed by atoms with Crippen molar-refractivity contribution >= 4 is 17.9 Å². The second-order valence-corrected chi connectivity index (χ2v) is 20.9. The Morgan fingerprint density at radius 1 is 0.340 bits per heavy atom. The van der Waals surface area contributed by atoms with Crippen LogP contribution in [0.3, 0.4) is 0 Å². The first-order valence-corrected chi connectivity index (χ1v) is 27.6. The van der Waals surface area contributed by atoms with Crippen molar-refractivity contribution in [3.05, 3.63) is 83.4 Å². The Morgan fingerprint density at radius 3 is 1.00 bits per heavy atom. The van der Waals surface area contributed by atoms with Crippen LogP contribution in [0.2, 0.25) is 0 Å². The summed E-state index contributed by atoms with van der Waals surface area (Å²) in [6.07, 6.45) is -21.5. The van der Waals surface area contributed by atoms with Gasteiger partial charge in [0.1, 0.15) is 29.6 Å². The summed E-state index contributed by atoms with van der Waals surface area (Å²) in [7, 11) is 0. The van der Waals surface area contributed by atoms with Crippen molar-refractivity contribution in [3.63, 3.8) is 0 Å². The predicted octanol–water partition coefficient (Wildman–Crippen LogP) is 20.3. The van der Waals surface area contributed by atoms with Crippen LogP contribution < -0.4 is 18.9 Å². The topological polar surface area (TPSA) is 97.4 Å². The maximum absolute atomic E-state index is 14.1. The lowest BCUT2D eigenvalue weighted by molar-refractivity contribution is -0.452. The molecule has 3 rings (SSSR count). The molecule has 0 aliphatic carbocycles. The fraction of sp³-hybridized carbons (Fsp3) is 0.625. The molecule has 536 valence electrons. The summed E-state index contributed by atoms with van der Waals surface area (Å²) in [4.78, 5) is 38.7. The third-order valence-electron chi connectivity index (χ3n) is 13.8. The van der Waals surface area contributed by atoms with E-state index in [2.05, 4.69) is 0 Å². The van der Waals surface area contributed by atoms with E-state index in [0.29, 0.717) is 12.8 Å². The molecule has 0 aliphatic heterocycles. The number of rotatable bonds is 39. The molecule has 0 bridgehead atoms. The number of benzene rings is 3. The Balaban J connectivity index is 1.48. The lowest BCUT2D eigenvalue weighted by atomic mass is 9.89. The highest BCUT2D eigenvalue weighted by Crippen LogP contribution is 2.65. The molecule has 0 amide bonds. The van der Waals surface area contributed by atoms with Gasteiger partial charge in [0, 0.05) is 24.8 Å². The van der Waals surface area contributed by atoms with E-state index in [9.17, 15) is 146 Å². The summed E-state index contributed by atoms with van der Waals surface area (Å²) in [5, 5.41) is 0. The van der Waals surface area contributed by atoms with E-state index in [-0.39, 0.29) is 111 Å². The van der Waals surface area contributed by atoms with Crippen LogP contribution in [0, 0.1) is 0 Å². The molecule has 0 radical (unpaired) electrons. The van der Waals surface area contributed by atoms with Crippen LogP contribution in [0.1, 0.15) is 142 Å². The van der Waals surface area contributed by atoms with Crippen molar-refractivity contribution in [2.24, 2.45) is 0 Å². The third-order valence-corrected chi connectivity index (χ3v) is 13.8. The minimum Gasteiger partial charge on any atom is -0.494 e.